The third-order valence-electron chi connectivity index (χ3n) is 3.86. The van der Waals surface area contributed by atoms with Gasteiger partial charge in [-0.2, -0.15) is 0 Å². The van der Waals surface area contributed by atoms with Gasteiger partial charge in [-0.15, -0.1) is 0 Å². The first-order chi connectivity index (χ1) is 12.3. The molecule has 2 aromatic carbocycles. The summed E-state index contributed by atoms with van der Waals surface area (Å²) in [6.07, 6.45) is -0.642. The van der Waals surface area contributed by atoms with Crippen LogP contribution in [0.15, 0.2) is 48.5 Å². The first-order valence-electron chi connectivity index (χ1n) is 8.70. The summed E-state index contributed by atoms with van der Waals surface area (Å²) < 4.78 is 11.5. The number of ether oxygens (including phenoxy) is 2. The van der Waals surface area contributed by atoms with E-state index in [2.05, 4.69) is 32.2 Å². The van der Waals surface area contributed by atoms with Gasteiger partial charge < -0.3 is 14.8 Å². The predicted molar refractivity (Wildman–Crippen MR) is 105 cm³/mol. The highest BCUT2D eigenvalue weighted by Crippen LogP contribution is 2.30. The first-order valence-corrected chi connectivity index (χ1v) is 9.08. The molecule has 4 nitrogen and oxygen atoms in total. The van der Waals surface area contributed by atoms with Crippen LogP contribution in [0.1, 0.15) is 33.3 Å². The molecule has 0 radical (unpaired) electrons. The largest absolute Gasteiger partial charge is 0.491 e. The van der Waals surface area contributed by atoms with Crippen LogP contribution in [0.4, 0.5) is 0 Å². The van der Waals surface area contributed by atoms with Gasteiger partial charge >= 0.3 is 0 Å². The normalized spacial score (nSPS) is 12.3. The lowest BCUT2D eigenvalue weighted by Gasteiger charge is -2.22. The third-order valence-corrected chi connectivity index (χ3v) is 4.18. The molecule has 0 aromatic heterocycles. The number of para-hydroxylation sites is 2. The van der Waals surface area contributed by atoms with Crippen LogP contribution in [0.5, 0.6) is 11.5 Å². The Morgan fingerprint density at radius 3 is 2.35 bits per heavy atom. The molecule has 2 aromatic rings. The standard InChI is InChI=1S/C21H26ClNO3/c1-15(26-19-12-8-6-10-17(19)22)20(24)23-13-14-25-18-11-7-5-9-16(18)21(2,3)4/h5-12,15H,13-14H2,1-4H3,(H,23,24)/t15-/m1/s1. The molecule has 0 unspecified atom stereocenters. The minimum Gasteiger partial charge on any atom is -0.491 e. The van der Waals surface area contributed by atoms with Crippen molar-refractivity contribution in [3.63, 3.8) is 0 Å². The van der Waals surface area contributed by atoms with Gasteiger partial charge in [-0.1, -0.05) is 62.7 Å². The predicted octanol–water partition coefficient (Wildman–Crippen LogP) is 4.60. The molecule has 0 aliphatic rings. The molecule has 0 aliphatic carbocycles. The summed E-state index contributed by atoms with van der Waals surface area (Å²) in [5.74, 6) is 1.12. The van der Waals surface area contributed by atoms with Gasteiger partial charge in [0.05, 0.1) is 11.6 Å². The molecule has 5 heteroatoms. The minimum atomic E-state index is -0.642. The molecular formula is C21H26ClNO3. The van der Waals surface area contributed by atoms with E-state index < -0.39 is 6.10 Å². The van der Waals surface area contributed by atoms with E-state index in [9.17, 15) is 4.79 Å². The van der Waals surface area contributed by atoms with E-state index in [1.54, 1.807) is 19.1 Å². The van der Waals surface area contributed by atoms with E-state index in [4.69, 9.17) is 21.1 Å². The fourth-order valence-corrected chi connectivity index (χ4v) is 2.66. The lowest BCUT2D eigenvalue weighted by atomic mass is 9.86. The van der Waals surface area contributed by atoms with Gasteiger partial charge in [-0.3, -0.25) is 4.79 Å². The van der Waals surface area contributed by atoms with E-state index in [0.717, 1.165) is 11.3 Å². The molecule has 2 rings (SSSR count). The van der Waals surface area contributed by atoms with E-state index in [1.807, 2.05) is 30.3 Å². The number of carbonyl (C=O) groups excluding carboxylic acids is 1. The van der Waals surface area contributed by atoms with Crippen molar-refractivity contribution in [1.29, 1.82) is 0 Å². The Morgan fingerprint density at radius 1 is 1.08 bits per heavy atom. The number of halogens is 1. The second kappa shape index (κ2) is 8.95. The Kier molecular flexibility index (Phi) is 6.92. The maximum absolute atomic E-state index is 12.2. The van der Waals surface area contributed by atoms with Crippen molar-refractivity contribution in [3.8, 4) is 11.5 Å². The number of rotatable bonds is 7. The molecule has 1 amide bonds. The molecule has 0 fully saturated rings. The molecule has 0 saturated carbocycles. The number of benzene rings is 2. The molecule has 1 atom stereocenters. The lowest BCUT2D eigenvalue weighted by Crippen LogP contribution is -2.38. The van der Waals surface area contributed by atoms with Crippen LogP contribution < -0.4 is 14.8 Å². The van der Waals surface area contributed by atoms with Gasteiger partial charge in [0.2, 0.25) is 0 Å². The van der Waals surface area contributed by atoms with Gasteiger partial charge in [0.25, 0.3) is 5.91 Å². The summed E-state index contributed by atoms with van der Waals surface area (Å²) in [7, 11) is 0. The summed E-state index contributed by atoms with van der Waals surface area (Å²) in [5.41, 5.74) is 1.14. The summed E-state index contributed by atoms with van der Waals surface area (Å²) in [6, 6.07) is 15.0. The van der Waals surface area contributed by atoms with Gasteiger partial charge in [-0.05, 0) is 36.1 Å². The van der Waals surface area contributed by atoms with E-state index in [0.29, 0.717) is 23.9 Å². The molecule has 140 valence electrons. The number of nitrogens with one attached hydrogen (secondary N) is 1. The average Bonchev–Trinajstić information content (AvgIpc) is 2.60. The van der Waals surface area contributed by atoms with Crippen LogP contribution in [0.25, 0.3) is 0 Å². The van der Waals surface area contributed by atoms with E-state index >= 15 is 0 Å². The summed E-state index contributed by atoms with van der Waals surface area (Å²) in [6.45, 7) is 8.90. The maximum atomic E-state index is 12.2. The zero-order chi connectivity index (χ0) is 19.2. The van der Waals surface area contributed by atoms with Crippen molar-refractivity contribution in [2.24, 2.45) is 0 Å². The molecule has 0 saturated heterocycles. The zero-order valence-electron chi connectivity index (χ0n) is 15.7. The van der Waals surface area contributed by atoms with Crippen molar-refractivity contribution in [2.75, 3.05) is 13.2 Å². The van der Waals surface area contributed by atoms with Crippen LogP contribution in [0, 0.1) is 0 Å². The van der Waals surface area contributed by atoms with Crippen LogP contribution >= 0.6 is 11.6 Å². The topological polar surface area (TPSA) is 47.6 Å². The van der Waals surface area contributed by atoms with Crippen molar-refractivity contribution in [3.05, 3.63) is 59.1 Å². The second-order valence-corrected chi connectivity index (χ2v) is 7.48. The van der Waals surface area contributed by atoms with Crippen LogP contribution in [0.3, 0.4) is 0 Å². The summed E-state index contributed by atoms with van der Waals surface area (Å²) >= 11 is 6.04. The number of amides is 1. The van der Waals surface area contributed by atoms with Crippen molar-refractivity contribution < 1.29 is 14.3 Å². The second-order valence-electron chi connectivity index (χ2n) is 7.08. The van der Waals surface area contributed by atoms with Crippen molar-refractivity contribution >= 4 is 17.5 Å². The molecule has 0 bridgehead atoms. The Hall–Kier alpha value is -2.20. The van der Waals surface area contributed by atoms with Gasteiger partial charge in [0.1, 0.15) is 18.1 Å². The lowest BCUT2D eigenvalue weighted by molar-refractivity contribution is -0.127. The number of hydrogen-bond donors (Lipinski definition) is 1. The fourth-order valence-electron chi connectivity index (χ4n) is 2.48. The van der Waals surface area contributed by atoms with Crippen LogP contribution in [-0.4, -0.2) is 25.2 Å². The average molecular weight is 376 g/mol. The molecule has 0 heterocycles. The highest BCUT2D eigenvalue weighted by molar-refractivity contribution is 6.32. The van der Waals surface area contributed by atoms with Crippen LogP contribution in [-0.2, 0) is 10.2 Å². The van der Waals surface area contributed by atoms with Gasteiger partial charge in [0, 0.05) is 0 Å². The fraction of sp³-hybridized carbons (Fsp3) is 0.381. The Morgan fingerprint density at radius 2 is 1.69 bits per heavy atom. The third kappa shape index (κ3) is 5.67. The monoisotopic (exact) mass is 375 g/mol. The smallest absolute Gasteiger partial charge is 0.260 e. The quantitative estimate of drug-likeness (QED) is 0.719. The Bertz CT molecular complexity index is 740. The molecule has 26 heavy (non-hydrogen) atoms. The molecular weight excluding hydrogens is 350 g/mol. The van der Waals surface area contributed by atoms with E-state index in [-0.39, 0.29) is 11.3 Å². The van der Waals surface area contributed by atoms with Crippen LogP contribution in [0.2, 0.25) is 5.02 Å². The van der Waals surface area contributed by atoms with Crippen molar-refractivity contribution in [2.45, 2.75) is 39.2 Å². The zero-order valence-corrected chi connectivity index (χ0v) is 16.5. The van der Waals surface area contributed by atoms with Gasteiger partial charge in [-0.25, -0.2) is 0 Å². The summed E-state index contributed by atoms with van der Waals surface area (Å²) in [4.78, 5) is 12.2. The highest BCUT2D eigenvalue weighted by atomic mass is 35.5. The Balaban J connectivity index is 1.81. The van der Waals surface area contributed by atoms with E-state index in [1.165, 1.54) is 0 Å². The highest BCUT2D eigenvalue weighted by Gasteiger charge is 2.19. The first kappa shape index (κ1) is 20.1. The Labute approximate surface area is 160 Å². The SMILES string of the molecule is C[C@@H](Oc1ccccc1Cl)C(=O)NCCOc1ccccc1C(C)(C)C. The molecule has 0 spiro atoms. The number of hydrogen-bond acceptors (Lipinski definition) is 3. The molecule has 1 N–H and O–H groups in total. The summed E-state index contributed by atoms with van der Waals surface area (Å²) in [5, 5.41) is 3.30. The van der Waals surface area contributed by atoms with Gasteiger partial charge in [0.15, 0.2) is 6.10 Å². The minimum absolute atomic E-state index is 0.00283. The van der Waals surface area contributed by atoms with Crippen molar-refractivity contribution in [1.82, 2.24) is 5.32 Å². The molecule has 0 aliphatic heterocycles. The number of carbonyl (C=O) groups is 1. The maximum Gasteiger partial charge on any atom is 0.260 e.